The van der Waals surface area contributed by atoms with Gasteiger partial charge in [-0.1, -0.05) is 41.9 Å². The Balaban J connectivity index is 1.49. The lowest BCUT2D eigenvalue weighted by molar-refractivity contribution is -0.134. The molecular formula is C22H22ClN3O5. The van der Waals surface area contributed by atoms with Crippen LogP contribution in [-0.4, -0.2) is 49.6 Å². The molecule has 31 heavy (non-hydrogen) atoms. The number of aryl methyl sites for hydroxylation is 1. The fourth-order valence-electron chi connectivity index (χ4n) is 4.05. The molecule has 4 amide bonds. The molecule has 2 aliphatic rings. The lowest BCUT2D eigenvalue weighted by Gasteiger charge is -2.22. The molecule has 0 saturated carbocycles. The Morgan fingerprint density at radius 3 is 2.81 bits per heavy atom. The van der Waals surface area contributed by atoms with Gasteiger partial charge in [0.25, 0.3) is 5.91 Å². The maximum Gasteiger partial charge on any atom is 0.325 e. The molecule has 2 aromatic rings. The molecule has 9 heteroatoms. The van der Waals surface area contributed by atoms with Gasteiger partial charge in [0.2, 0.25) is 5.91 Å². The summed E-state index contributed by atoms with van der Waals surface area (Å²) in [6, 6.07) is 11.9. The van der Waals surface area contributed by atoms with E-state index in [1.165, 1.54) is 0 Å². The number of ether oxygens (including phenoxy) is 2. The van der Waals surface area contributed by atoms with Crippen LogP contribution in [0, 0.1) is 0 Å². The van der Waals surface area contributed by atoms with Gasteiger partial charge in [0.05, 0.1) is 17.3 Å². The number of imide groups is 1. The molecule has 1 heterocycles. The monoisotopic (exact) mass is 443 g/mol. The van der Waals surface area contributed by atoms with E-state index in [-0.39, 0.29) is 6.61 Å². The summed E-state index contributed by atoms with van der Waals surface area (Å²) in [6.07, 6.45) is 1.16. The van der Waals surface area contributed by atoms with Crippen LogP contribution in [0.1, 0.15) is 17.5 Å². The molecule has 1 aliphatic carbocycles. The smallest absolute Gasteiger partial charge is 0.325 e. The largest absolute Gasteiger partial charge is 0.487 e. The number of para-hydroxylation sites is 1. The van der Waals surface area contributed by atoms with Gasteiger partial charge in [0.15, 0.2) is 5.75 Å². The first kappa shape index (κ1) is 21.1. The Labute approximate surface area is 184 Å². The minimum absolute atomic E-state index is 0.248. The van der Waals surface area contributed by atoms with Gasteiger partial charge in [-0.25, -0.2) is 4.79 Å². The molecule has 8 nitrogen and oxygen atoms in total. The minimum atomic E-state index is -1.10. The zero-order chi connectivity index (χ0) is 22.0. The van der Waals surface area contributed by atoms with E-state index in [0.717, 1.165) is 16.0 Å². The van der Waals surface area contributed by atoms with Crippen LogP contribution in [0.2, 0.25) is 5.02 Å². The molecule has 1 atom stereocenters. The van der Waals surface area contributed by atoms with Crippen molar-refractivity contribution >= 4 is 35.1 Å². The van der Waals surface area contributed by atoms with Crippen molar-refractivity contribution in [2.75, 3.05) is 32.2 Å². The minimum Gasteiger partial charge on any atom is -0.487 e. The van der Waals surface area contributed by atoms with Crippen LogP contribution in [0.25, 0.3) is 0 Å². The number of carbonyl (C=O) groups excluding carboxylic acids is 3. The van der Waals surface area contributed by atoms with Crippen molar-refractivity contribution in [1.29, 1.82) is 0 Å². The second-order valence-electron chi connectivity index (χ2n) is 7.39. The number of benzene rings is 2. The number of methoxy groups -OCH3 is 1. The number of anilines is 1. The molecule has 0 radical (unpaired) electrons. The highest BCUT2D eigenvalue weighted by molar-refractivity contribution is 6.32. The highest BCUT2D eigenvalue weighted by Gasteiger charge is 2.55. The van der Waals surface area contributed by atoms with Crippen molar-refractivity contribution in [2.24, 2.45) is 0 Å². The molecule has 4 rings (SSSR count). The Morgan fingerprint density at radius 1 is 1.19 bits per heavy atom. The Morgan fingerprint density at radius 2 is 2.00 bits per heavy atom. The van der Waals surface area contributed by atoms with Crippen molar-refractivity contribution in [1.82, 2.24) is 10.2 Å². The molecule has 1 fully saturated rings. The van der Waals surface area contributed by atoms with E-state index in [0.29, 0.717) is 35.9 Å². The summed E-state index contributed by atoms with van der Waals surface area (Å²) in [5, 5.41) is 5.81. The van der Waals surface area contributed by atoms with E-state index in [4.69, 9.17) is 21.1 Å². The zero-order valence-electron chi connectivity index (χ0n) is 16.9. The van der Waals surface area contributed by atoms with E-state index in [1.54, 1.807) is 25.3 Å². The van der Waals surface area contributed by atoms with Crippen molar-refractivity contribution in [3.05, 3.63) is 58.6 Å². The number of nitrogens with zero attached hydrogens (tertiary/aromatic N) is 1. The van der Waals surface area contributed by atoms with Crippen LogP contribution in [0.15, 0.2) is 42.5 Å². The van der Waals surface area contributed by atoms with Crippen LogP contribution in [0.5, 0.6) is 5.75 Å². The third-order valence-electron chi connectivity index (χ3n) is 5.50. The van der Waals surface area contributed by atoms with E-state index in [1.807, 2.05) is 24.3 Å². The van der Waals surface area contributed by atoms with E-state index in [2.05, 4.69) is 10.6 Å². The SMILES string of the molecule is COCCOc1c(Cl)cccc1NC(=O)CN1C(=O)NC2(CCc3ccccc32)C1=O. The highest BCUT2D eigenvalue weighted by Crippen LogP contribution is 2.41. The van der Waals surface area contributed by atoms with Crippen molar-refractivity contribution in [2.45, 2.75) is 18.4 Å². The lowest BCUT2D eigenvalue weighted by Crippen LogP contribution is -2.43. The normalized spacial score (nSPS) is 19.5. The van der Waals surface area contributed by atoms with E-state index >= 15 is 0 Å². The lowest BCUT2D eigenvalue weighted by atomic mass is 9.92. The standard InChI is InChI=1S/C22H22ClN3O5/c1-30-11-12-31-19-16(23)7-4-8-17(19)24-18(27)13-26-20(28)22(25-21(26)29)10-9-14-5-2-3-6-15(14)22/h2-8H,9-13H2,1H3,(H,24,27)(H,25,29). The van der Waals surface area contributed by atoms with Gasteiger partial charge in [-0.15, -0.1) is 0 Å². The van der Waals surface area contributed by atoms with Gasteiger partial charge in [-0.05, 0) is 36.1 Å². The van der Waals surface area contributed by atoms with Crippen molar-refractivity contribution < 1.29 is 23.9 Å². The quantitative estimate of drug-likeness (QED) is 0.506. The molecular weight excluding hydrogens is 422 g/mol. The molecule has 162 valence electrons. The second-order valence-corrected chi connectivity index (χ2v) is 7.80. The molecule has 1 unspecified atom stereocenters. The summed E-state index contributed by atoms with van der Waals surface area (Å²) >= 11 is 6.19. The summed E-state index contributed by atoms with van der Waals surface area (Å²) in [5.74, 6) is -0.654. The van der Waals surface area contributed by atoms with Crippen LogP contribution in [0.4, 0.5) is 10.5 Å². The Bertz CT molecular complexity index is 1040. The predicted molar refractivity (Wildman–Crippen MR) is 114 cm³/mol. The Kier molecular flexibility index (Phi) is 5.84. The molecule has 2 N–H and O–H groups in total. The van der Waals surface area contributed by atoms with Gasteiger partial charge in [-0.2, -0.15) is 0 Å². The number of fused-ring (bicyclic) bond motifs is 2. The number of hydrogen-bond donors (Lipinski definition) is 2. The maximum absolute atomic E-state index is 13.2. The van der Waals surface area contributed by atoms with Crippen molar-refractivity contribution in [3.8, 4) is 5.75 Å². The van der Waals surface area contributed by atoms with Gasteiger partial charge >= 0.3 is 6.03 Å². The summed E-state index contributed by atoms with van der Waals surface area (Å²) in [5.41, 5.74) is 1.07. The highest BCUT2D eigenvalue weighted by atomic mass is 35.5. The average molecular weight is 444 g/mol. The molecule has 2 aromatic carbocycles. The second kappa shape index (κ2) is 8.56. The number of hydrogen-bond acceptors (Lipinski definition) is 5. The van der Waals surface area contributed by atoms with Crippen LogP contribution in [-0.2, 0) is 26.3 Å². The first-order valence-corrected chi connectivity index (χ1v) is 10.3. The van der Waals surface area contributed by atoms with Crippen molar-refractivity contribution in [3.63, 3.8) is 0 Å². The number of carbonyl (C=O) groups is 3. The van der Waals surface area contributed by atoms with Crippen LogP contribution in [0.3, 0.4) is 0 Å². The topological polar surface area (TPSA) is 97.0 Å². The maximum atomic E-state index is 13.2. The first-order chi connectivity index (χ1) is 15.0. The fraction of sp³-hybridized carbons (Fsp3) is 0.318. The molecule has 0 bridgehead atoms. The van der Waals surface area contributed by atoms with Gasteiger partial charge in [0, 0.05) is 7.11 Å². The molecule has 1 aliphatic heterocycles. The van der Waals surface area contributed by atoms with Gasteiger partial charge < -0.3 is 20.1 Å². The molecule has 0 aromatic heterocycles. The summed E-state index contributed by atoms with van der Waals surface area (Å²) in [7, 11) is 1.55. The fourth-order valence-corrected chi connectivity index (χ4v) is 4.28. The van der Waals surface area contributed by atoms with Gasteiger partial charge in [-0.3, -0.25) is 14.5 Å². The summed E-state index contributed by atoms with van der Waals surface area (Å²) < 4.78 is 10.6. The third-order valence-corrected chi connectivity index (χ3v) is 5.80. The number of amides is 4. The number of halogens is 1. The number of nitrogens with one attached hydrogen (secondary N) is 2. The first-order valence-electron chi connectivity index (χ1n) is 9.89. The molecule has 1 saturated heterocycles. The predicted octanol–water partition coefficient (Wildman–Crippen LogP) is 2.70. The van der Waals surface area contributed by atoms with E-state index in [9.17, 15) is 14.4 Å². The number of urea groups is 1. The summed E-state index contributed by atoms with van der Waals surface area (Å²) in [4.78, 5) is 39.4. The number of rotatable bonds is 7. The average Bonchev–Trinajstić information content (AvgIpc) is 3.23. The van der Waals surface area contributed by atoms with Crippen LogP contribution >= 0.6 is 11.6 Å². The van der Waals surface area contributed by atoms with Crippen LogP contribution < -0.4 is 15.4 Å². The van der Waals surface area contributed by atoms with E-state index < -0.39 is 29.9 Å². The Hall–Kier alpha value is -3.10. The molecule has 1 spiro atoms. The van der Waals surface area contributed by atoms with Gasteiger partial charge in [0.1, 0.15) is 18.7 Å². The third kappa shape index (κ3) is 3.84. The summed E-state index contributed by atoms with van der Waals surface area (Å²) in [6.45, 7) is 0.182. The zero-order valence-corrected chi connectivity index (χ0v) is 17.7.